The van der Waals surface area contributed by atoms with Gasteiger partial charge in [0.2, 0.25) is 11.9 Å². The van der Waals surface area contributed by atoms with Crippen molar-refractivity contribution in [2.75, 3.05) is 69.3 Å². The minimum Gasteiger partial charge on any atom is -0.341 e. The molecule has 0 amide bonds. The number of piperidine rings is 2. The van der Waals surface area contributed by atoms with Crippen LogP contribution in [0.25, 0.3) is 0 Å². The van der Waals surface area contributed by atoms with Crippen LogP contribution in [0.2, 0.25) is 0 Å². The van der Waals surface area contributed by atoms with Gasteiger partial charge in [0.25, 0.3) is 0 Å². The Balaban J connectivity index is 1.87. The molecule has 362 valence electrons. The van der Waals surface area contributed by atoms with Crippen molar-refractivity contribution in [2.45, 2.75) is 253 Å². The topological polar surface area (TPSA) is 76.6 Å². The molecule has 11 heteroatoms. The van der Waals surface area contributed by atoms with E-state index in [0.29, 0.717) is 12.1 Å². The van der Waals surface area contributed by atoms with E-state index in [1.165, 1.54) is 25.7 Å². The van der Waals surface area contributed by atoms with Gasteiger partial charge in [0.15, 0.2) is 0 Å². The Morgan fingerprint density at radius 1 is 0.468 bits per heavy atom. The average Bonchev–Trinajstić information content (AvgIpc) is 3.20. The average molecular weight is 872 g/mol. The zero-order valence-electron chi connectivity index (χ0n) is 43.6. The largest absolute Gasteiger partial charge is 0.341 e. The fourth-order valence-electron chi connectivity index (χ4n) is 10.6. The third-order valence-electron chi connectivity index (χ3n) is 13.5. The molecule has 0 bridgehead atoms. The summed E-state index contributed by atoms with van der Waals surface area (Å²) in [6.45, 7) is 41.0. The van der Waals surface area contributed by atoms with Crippen LogP contribution in [0, 0.1) is 0 Å². The van der Waals surface area contributed by atoms with E-state index in [0.717, 1.165) is 167 Å². The number of hydroxylamine groups is 4. The standard InChI is InChI=1S/C51H101N9O2/c1-16-22-31-56(32-23-17-2)46-52-45(53-47(54-46)57(33-24-18-3)34-25-19-4)42-58(44-40-50(11,12)60(62-37-21-6)51(13,14)41-44)35-29-27-26-28-30-55(15)43-38-48(7,8)59(61-36-20-5)49(9,10)39-43/h43-44H,16-42H2,1-15H3. The molecule has 2 aliphatic rings. The summed E-state index contributed by atoms with van der Waals surface area (Å²) in [7, 11) is 2.36. The van der Waals surface area contributed by atoms with Crippen LogP contribution in [-0.2, 0) is 16.2 Å². The van der Waals surface area contributed by atoms with E-state index >= 15 is 0 Å². The van der Waals surface area contributed by atoms with E-state index < -0.39 is 0 Å². The van der Waals surface area contributed by atoms with Crippen molar-refractivity contribution in [3.8, 4) is 0 Å². The molecule has 0 atom stereocenters. The number of hydrogen-bond donors (Lipinski definition) is 0. The summed E-state index contributed by atoms with van der Waals surface area (Å²) in [5.41, 5.74) is -0.189. The monoisotopic (exact) mass is 872 g/mol. The van der Waals surface area contributed by atoms with Crippen molar-refractivity contribution in [1.29, 1.82) is 0 Å². The van der Waals surface area contributed by atoms with Crippen LogP contribution in [0.3, 0.4) is 0 Å². The summed E-state index contributed by atoms with van der Waals surface area (Å²) >= 11 is 0. The Hall–Kier alpha value is -1.63. The highest BCUT2D eigenvalue weighted by Gasteiger charge is 2.49. The number of hydrogen-bond acceptors (Lipinski definition) is 11. The highest BCUT2D eigenvalue weighted by Crippen LogP contribution is 2.42. The SMILES string of the molecule is CCCCN(CCCC)c1nc(CN(CCCCCCN(C)C2CC(C)(C)N(OCCC)C(C)(C)C2)C2CC(C)(C)N(OCCC)C(C)(C)C2)nc(N(CCCC)CCCC)n1. The van der Waals surface area contributed by atoms with Gasteiger partial charge in [0, 0.05) is 60.4 Å². The van der Waals surface area contributed by atoms with Crippen LogP contribution in [-0.4, -0.2) is 129 Å². The number of unbranched alkanes of at least 4 members (excludes halogenated alkanes) is 7. The lowest BCUT2D eigenvalue weighted by Crippen LogP contribution is -2.64. The fraction of sp³-hybridized carbons (Fsp3) is 0.941. The molecule has 2 saturated heterocycles. The van der Waals surface area contributed by atoms with E-state index in [-0.39, 0.29) is 22.2 Å². The summed E-state index contributed by atoms with van der Waals surface area (Å²) in [4.78, 5) is 39.3. The lowest BCUT2D eigenvalue weighted by molar-refractivity contribution is -0.288. The van der Waals surface area contributed by atoms with Gasteiger partial charge >= 0.3 is 0 Å². The van der Waals surface area contributed by atoms with Crippen molar-refractivity contribution in [3.63, 3.8) is 0 Å². The van der Waals surface area contributed by atoms with Gasteiger partial charge in [-0.2, -0.15) is 25.1 Å². The summed E-state index contributed by atoms with van der Waals surface area (Å²) in [6, 6.07) is 0.952. The third-order valence-corrected chi connectivity index (χ3v) is 13.5. The first-order valence-corrected chi connectivity index (χ1v) is 25.9. The van der Waals surface area contributed by atoms with Gasteiger partial charge in [-0.3, -0.25) is 14.6 Å². The molecule has 1 aromatic rings. The molecule has 3 rings (SSSR count). The number of nitrogens with zero attached hydrogens (tertiary/aromatic N) is 9. The number of aromatic nitrogens is 3. The zero-order valence-corrected chi connectivity index (χ0v) is 43.6. The zero-order chi connectivity index (χ0) is 46.0. The van der Waals surface area contributed by atoms with Crippen molar-refractivity contribution in [1.82, 2.24) is 34.9 Å². The summed E-state index contributed by atoms with van der Waals surface area (Å²) in [5, 5.41) is 4.64. The first-order chi connectivity index (χ1) is 29.4. The van der Waals surface area contributed by atoms with Crippen LogP contribution in [0.15, 0.2) is 0 Å². The molecule has 0 spiro atoms. The Morgan fingerprint density at radius 3 is 1.21 bits per heavy atom. The normalized spacial score (nSPS) is 19.5. The second-order valence-corrected chi connectivity index (χ2v) is 21.7. The van der Waals surface area contributed by atoms with Crippen molar-refractivity contribution in [3.05, 3.63) is 5.82 Å². The predicted octanol–water partition coefficient (Wildman–Crippen LogP) is 11.7. The van der Waals surface area contributed by atoms with Crippen molar-refractivity contribution >= 4 is 11.9 Å². The van der Waals surface area contributed by atoms with E-state index in [1.54, 1.807) is 0 Å². The molecule has 3 heterocycles. The molecule has 0 unspecified atom stereocenters. The summed E-state index contributed by atoms with van der Waals surface area (Å²) < 4.78 is 0. The Labute approximate surface area is 383 Å². The maximum atomic E-state index is 6.51. The van der Waals surface area contributed by atoms with Gasteiger partial charge in [-0.15, -0.1) is 0 Å². The van der Waals surface area contributed by atoms with Gasteiger partial charge in [0.05, 0.1) is 19.8 Å². The van der Waals surface area contributed by atoms with Gasteiger partial charge < -0.3 is 14.7 Å². The molecule has 2 fully saturated rings. The second kappa shape index (κ2) is 26.5. The highest BCUT2D eigenvalue weighted by molar-refractivity contribution is 5.39. The minimum atomic E-state index is -0.102. The van der Waals surface area contributed by atoms with Gasteiger partial charge in [-0.1, -0.05) is 80.1 Å². The van der Waals surface area contributed by atoms with E-state index in [2.05, 4.69) is 134 Å². The molecule has 0 radical (unpaired) electrons. The fourth-order valence-corrected chi connectivity index (χ4v) is 10.6. The number of rotatable bonds is 31. The molecule has 0 saturated carbocycles. The summed E-state index contributed by atoms with van der Waals surface area (Å²) in [6.07, 6.45) is 20.5. The molecule has 11 nitrogen and oxygen atoms in total. The predicted molar refractivity (Wildman–Crippen MR) is 264 cm³/mol. The van der Waals surface area contributed by atoms with Gasteiger partial charge in [-0.25, -0.2) is 0 Å². The molecular formula is C51H101N9O2. The maximum absolute atomic E-state index is 6.51. The Kier molecular flexibility index (Phi) is 23.4. The van der Waals surface area contributed by atoms with Crippen LogP contribution in [0.1, 0.15) is 218 Å². The van der Waals surface area contributed by atoms with Crippen LogP contribution < -0.4 is 9.80 Å². The first kappa shape index (κ1) is 54.7. The molecular weight excluding hydrogens is 771 g/mol. The lowest BCUT2D eigenvalue weighted by atomic mass is 9.78. The highest BCUT2D eigenvalue weighted by atomic mass is 16.7. The van der Waals surface area contributed by atoms with Crippen molar-refractivity contribution < 1.29 is 9.68 Å². The Morgan fingerprint density at radius 2 is 0.839 bits per heavy atom. The van der Waals surface area contributed by atoms with Crippen LogP contribution in [0.4, 0.5) is 11.9 Å². The Bertz CT molecular complexity index is 1280. The van der Waals surface area contributed by atoms with E-state index in [9.17, 15) is 0 Å². The number of anilines is 2. The van der Waals surface area contributed by atoms with Gasteiger partial charge in [-0.05, 0) is 153 Å². The quantitative estimate of drug-likeness (QED) is 0.0670. The van der Waals surface area contributed by atoms with Crippen LogP contribution >= 0.6 is 0 Å². The minimum absolute atomic E-state index is 0.00731. The van der Waals surface area contributed by atoms with E-state index in [1.807, 2.05) is 0 Å². The molecule has 1 aromatic heterocycles. The molecule has 0 N–H and O–H groups in total. The smallest absolute Gasteiger partial charge is 0.230 e. The van der Waals surface area contributed by atoms with Crippen LogP contribution in [0.5, 0.6) is 0 Å². The maximum Gasteiger partial charge on any atom is 0.230 e. The lowest BCUT2D eigenvalue weighted by Gasteiger charge is -2.55. The summed E-state index contributed by atoms with van der Waals surface area (Å²) in [5.74, 6) is 2.69. The second-order valence-electron chi connectivity index (χ2n) is 21.7. The molecule has 62 heavy (non-hydrogen) atoms. The molecule has 0 aromatic carbocycles. The molecule has 2 aliphatic heterocycles. The third kappa shape index (κ3) is 16.7. The van der Waals surface area contributed by atoms with E-state index in [4.69, 9.17) is 24.6 Å². The molecule has 0 aliphatic carbocycles. The van der Waals surface area contributed by atoms with Gasteiger partial charge in [0.1, 0.15) is 5.82 Å². The van der Waals surface area contributed by atoms with Crippen molar-refractivity contribution in [2.24, 2.45) is 0 Å². The first-order valence-electron chi connectivity index (χ1n) is 25.9.